The van der Waals surface area contributed by atoms with Crippen molar-refractivity contribution in [3.05, 3.63) is 86.1 Å². The molecule has 33 heavy (non-hydrogen) atoms. The molecule has 1 aromatic heterocycles. The van der Waals surface area contributed by atoms with E-state index in [4.69, 9.17) is 20.9 Å². The number of ketones is 1. The number of benzene rings is 2. The fourth-order valence-corrected chi connectivity index (χ4v) is 3.89. The lowest BCUT2D eigenvalue weighted by molar-refractivity contribution is -0.384. The van der Waals surface area contributed by atoms with Crippen molar-refractivity contribution in [3.63, 3.8) is 0 Å². The summed E-state index contributed by atoms with van der Waals surface area (Å²) in [5, 5.41) is 26.4. The van der Waals surface area contributed by atoms with Gasteiger partial charge in [-0.05, 0) is 30.7 Å². The maximum absolute atomic E-state index is 13.1. The summed E-state index contributed by atoms with van der Waals surface area (Å²) in [7, 11) is 1.43. The molecule has 1 fully saturated rings. The largest absolute Gasteiger partial charge is 0.507 e. The van der Waals surface area contributed by atoms with Crippen LogP contribution in [-0.2, 0) is 9.59 Å². The molecule has 1 amide bonds. The van der Waals surface area contributed by atoms with Gasteiger partial charge in [-0.1, -0.05) is 28.9 Å². The summed E-state index contributed by atoms with van der Waals surface area (Å²) in [5.74, 6) is -1.71. The van der Waals surface area contributed by atoms with Crippen LogP contribution in [0.1, 0.15) is 22.9 Å². The molecule has 0 spiro atoms. The van der Waals surface area contributed by atoms with E-state index in [0.29, 0.717) is 11.5 Å². The molecule has 1 aliphatic heterocycles. The maximum Gasteiger partial charge on any atom is 0.301 e. The van der Waals surface area contributed by atoms with Crippen LogP contribution >= 0.6 is 11.6 Å². The number of nitro groups is 1. The number of non-ortho nitro benzene ring substituents is 1. The van der Waals surface area contributed by atoms with Gasteiger partial charge < -0.3 is 14.4 Å². The van der Waals surface area contributed by atoms with Crippen LogP contribution < -0.4 is 9.64 Å². The van der Waals surface area contributed by atoms with Gasteiger partial charge in [-0.25, -0.2) is 0 Å². The molecule has 0 radical (unpaired) electrons. The number of amides is 1. The van der Waals surface area contributed by atoms with Gasteiger partial charge in [0, 0.05) is 23.8 Å². The van der Waals surface area contributed by atoms with Crippen LogP contribution in [0, 0.1) is 17.0 Å². The molecule has 1 N–H and O–H groups in total. The smallest absolute Gasteiger partial charge is 0.301 e. The molecule has 1 unspecified atom stereocenters. The van der Waals surface area contributed by atoms with Crippen LogP contribution in [0.25, 0.3) is 5.76 Å². The van der Waals surface area contributed by atoms with Gasteiger partial charge in [0.05, 0.1) is 28.7 Å². The van der Waals surface area contributed by atoms with Crippen molar-refractivity contribution in [2.45, 2.75) is 13.0 Å². The quantitative estimate of drug-likeness (QED) is 0.193. The molecule has 11 heteroatoms. The minimum Gasteiger partial charge on any atom is -0.507 e. The molecule has 0 bridgehead atoms. The number of nitrogens with zero attached hydrogens (tertiary/aromatic N) is 3. The lowest BCUT2D eigenvalue weighted by Gasteiger charge is -2.22. The van der Waals surface area contributed by atoms with Crippen molar-refractivity contribution >= 4 is 40.6 Å². The van der Waals surface area contributed by atoms with E-state index < -0.39 is 28.4 Å². The van der Waals surface area contributed by atoms with Gasteiger partial charge in [0.25, 0.3) is 11.5 Å². The van der Waals surface area contributed by atoms with Crippen molar-refractivity contribution in [2.75, 3.05) is 12.0 Å². The molecule has 3 aromatic rings. The number of carbonyl (C=O) groups excluding carboxylic acids is 2. The fraction of sp³-hybridized carbons (Fsp3) is 0.136. The molecule has 1 aliphatic rings. The number of aryl methyl sites for hydroxylation is 1. The minimum atomic E-state index is -1.20. The Labute approximate surface area is 191 Å². The molecular weight excluding hydrogens is 454 g/mol. The highest BCUT2D eigenvalue weighted by molar-refractivity contribution is 6.51. The Kier molecular flexibility index (Phi) is 5.60. The molecule has 2 heterocycles. The third-order valence-electron chi connectivity index (χ3n) is 5.13. The highest BCUT2D eigenvalue weighted by Crippen LogP contribution is 2.43. The Bertz CT molecular complexity index is 1330. The number of hydrogen-bond acceptors (Lipinski definition) is 8. The Balaban J connectivity index is 1.96. The number of carbonyl (C=O) groups is 2. The zero-order valence-corrected chi connectivity index (χ0v) is 18.1. The Morgan fingerprint density at radius 1 is 1.24 bits per heavy atom. The summed E-state index contributed by atoms with van der Waals surface area (Å²) >= 11 is 6.16. The molecule has 168 valence electrons. The van der Waals surface area contributed by atoms with Gasteiger partial charge in [-0.15, -0.1) is 0 Å². The van der Waals surface area contributed by atoms with Gasteiger partial charge in [-0.2, -0.15) is 0 Å². The van der Waals surface area contributed by atoms with Crippen LogP contribution in [0.2, 0.25) is 5.02 Å². The van der Waals surface area contributed by atoms with E-state index in [2.05, 4.69) is 5.16 Å². The Morgan fingerprint density at radius 3 is 2.61 bits per heavy atom. The number of anilines is 1. The molecular formula is C22H16ClN3O7. The van der Waals surface area contributed by atoms with E-state index in [1.165, 1.54) is 55.6 Å². The number of ether oxygens (including phenoxy) is 1. The van der Waals surface area contributed by atoms with Crippen molar-refractivity contribution < 1.29 is 28.9 Å². The van der Waals surface area contributed by atoms with Gasteiger partial charge in [0.15, 0.2) is 5.82 Å². The first kappa shape index (κ1) is 22.0. The lowest BCUT2D eigenvalue weighted by atomic mass is 9.95. The SMILES string of the molecule is COc1ccc(/C(O)=C2\C(=O)C(=O)N(c3cc(C)on3)C2c2cccc([N+](=O)[O-])c2)cc1Cl. The van der Waals surface area contributed by atoms with Crippen LogP contribution in [0.15, 0.2) is 58.6 Å². The number of Topliss-reactive ketones (excluding diaryl/α,β-unsaturated/α-hetero) is 1. The van der Waals surface area contributed by atoms with Crippen LogP contribution in [0.3, 0.4) is 0 Å². The van der Waals surface area contributed by atoms with Crippen LogP contribution in [-0.4, -0.2) is 34.0 Å². The molecule has 0 aliphatic carbocycles. The van der Waals surface area contributed by atoms with Gasteiger partial charge in [0.1, 0.15) is 17.3 Å². The van der Waals surface area contributed by atoms with Gasteiger partial charge >= 0.3 is 5.91 Å². The van der Waals surface area contributed by atoms with E-state index in [1.54, 1.807) is 6.92 Å². The number of aromatic nitrogens is 1. The molecule has 4 rings (SSSR count). The predicted octanol–water partition coefficient (Wildman–Crippen LogP) is 4.18. The summed E-state index contributed by atoms with van der Waals surface area (Å²) < 4.78 is 10.2. The topological polar surface area (TPSA) is 136 Å². The number of rotatable bonds is 5. The van der Waals surface area contributed by atoms with E-state index in [0.717, 1.165) is 4.90 Å². The van der Waals surface area contributed by atoms with Gasteiger partial charge in [0.2, 0.25) is 0 Å². The highest BCUT2D eigenvalue weighted by atomic mass is 35.5. The first-order valence-electron chi connectivity index (χ1n) is 9.55. The third-order valence-corrected chi connectivity index (χ3v) is 5.42. The Hall–Kier alpha value is -4.18. The van der Waals surface area contributed by atoms with Crippen molar-refractivity contribution in [1.29, 1.82) is 0 Å². The monoisotopic (exact) mass is 469 g/mol. The maximum atomic E-state index is 13.1. The summed E-state index contributed by atoms with van der Waals surface area (Å²) in [4.78, 5) is 37.8. The van der Waals surface area contributed by atoms with Crippen molar-refractivity contribution in [2.24, 2.45) is 0 Å². The number of halogens is 1. The predicted molar refractivity (Wildman–Crippen MR) is 117 cm³/mol. The molecule has 0 saturated carbocycles. The Morgan fingerprint density at radius 2 is 2.00 bits per heavy atom. The average molecular weight is 470 g/mol. The first-order valence-corrected chi connectivity index (χ1v) is 9.93. The zero-order chi connectivity index (χ0) is 23.9. The summed E-state index contributed by atoms with van der Waals surface area (Å²) in [6, 6.07) is 10.0. The van der Waals surface area contributed by atoms with E-state index in [9.17, 15) is 24.8 Å². The van der Waals surface area contributed by atoms with Crippen LogP contribution in [0.5, 0.6) is 5.75 Å². The average Bonchev–Trinajstić information content (AvgIpc) is 3.34. The zero-order valence-electron chi connectivity index (χ0n) is 17.3. The second-order valence-electron chi connectivity index (χ2n) is 7.17. The normalized spacial score (nSPS) is 17.4. The van der Waals surface area contributed by atoms with Crippen molar-refractivity contribution in [1.82, 2.24) is 5.16 Å². The molecule has 2 aromatic carbocycles. The number of aliphatic hydroxyl groups excluding tert-OH is 1. The highest BCUT2D eigenvalue weighted by Gasteiger charge is 2.48. The third kappa shape index (κ3) is 3.80. The van der Waals surface area contributed by atoms with Crippen LogP contribution in [0.4, 0.5) is 11.5 Å². The lowest BCUT2D eigenvalue weighted by Crippen LogP contribution is -2.29. The summed E-state index contributed by atoms with van der Waals surface area (Å²) in [5.41, 5.74) is -0.139. The first-order chi connectivity index (χ1) is 15.7. The number of methoxy groups -OCH3 is 1. The van der Waals surface area contributed by atoms with Crippen molar-refractivity contribution in [3.8, 4) is 5.75 Å². The molecule has 1 atom stereocenters. The van der Waals surface area contributed by atoms with E-state index in [1.807, 2.05) is 0 Å². The second kappa shape index (κ2) is 8.40. The fourth-order valence-electron chi connectivity index (χ4n) is 3.63. The second-order valence-corrected chi connectivity index (χ2v) is 7.57. The van der Waals surface area contributed by atoms with E-state index in [-0.39, 0.29) is 33.2 Å². The molecule has 10 nitrogen and oxygen atoms in total. The molecule has 1 saturated heterocycles. The van der Waals surface area contributed by atoms with E-state index >= 15 is 0 Å². The van der Waals surface area contributed by atoms with Gasteiger partial charge in [-0.3, -0.25) is 24.6 Å². The minimum absolute atomic E-state index is 0.0259. The number of hydrogen-bond donors (Lipinski definition) is 1. The summed E-state index contributed by atoms with van der Waals surface area (Å²) in [6.45, 7) is 1.61. The standard InChI is InChI=1S/C22H16ClN3O7/c1-11-8-17(24-33-11)25-19(12-4-3-5-14(9-12)26(30)31)18(21(28)22(25)29)20(27)13-6-7-16(32-2)15(23)10-13/h3-10,19,27H,1-2H3/b20-18+. The number of nitro benzene ring substituents is 1. The number of aliphatic hydroxyl groups is 1. The summed E-state index contributed by atoms with van der Waals surface area (Å²) in [6.07, 6.45) is 0.